The summed E-state index contributed by atoms with van der Waals surface area (Å²) in [5.74, 6) is 6.63. The van der Waals surface area contributed by atoms with Gasteiger partial charge < -0.3 is 5.11 Å². The van der Waals surface area contributed by atoms with Crippen LogP contribution in [0.3, 0.4) is 0 Å². The summed E-state index contributed by atoms with van der Waals surface area (Å²) in [6.07, 6.45) is 19.1. The molecule has 0 aliphatic rings. The van der Waals surface area contributed by atoms with Gasteiger partial charge in [0.15, 0.2) is 0 Å². The molecule has 0 aromatic rings. The molecule has 1 heteroatoms. The van der Waals surface area contributed by atoms with E-state index < -0.39 is 0 Å². The van der Waals surface area contributed by atoms with Gasteiger partial charge in [-0.3, -0.25) is 0 Å². The summed E-state index contributed by atoms with van der Waals surface area (Å²) in [5.41, 5.74) is 0. The fourth-order valence-electron chi connectivity index (χ4n) is 2.38. The predicted octanol–water partition coefficient (Wildman–Crippen LogP) is 5.85. The molecule has 0 aromatic carbocycles. The van der Waals surface area contributed by atoms with Gasteiger partial charge in [-0.1, -0.05) is 71.1 Å². The Kier molecular flexibility index (Phi) is 18.1. The number of aliphatic hydroxyl groups is 1. The van der Waals surface area contributed by atoms with Crippen molar-refractivity contribution in [2.45, 2.75) is 103 Å². The molecule has 0 saturated carbocycles. The number of hydrogen-bond acceptors (Lipinski definition) is 1. The van der Waals surface area contributed by atoms with Crippen LogP contribution in [0.5, 0.6) is 0 Å². The van der Waals surface area contributed by atoms with E-state index in [1.54, 1.807) is 0 Å². The minimum Gasteiger partial charge on any atom is -0.396 e. The molecule has 0 saturated heterocycles. The summed E-state index contributed by atoms with van der Waals surface area (Å²) in [5, 5.41) is 8.67. The Hall–Kier alpha value is -0.480. The molecule has 0 spiro atoms. The third-order valence-corrected chi connectivity index (χ3v) is 3.74. The van der Waals surface area contributed by atoms with Crippen molar-refractivity contribution in [3.05, 3.63) is 0 Å². The number of rotatable bonds is 14. The van der Waals surface area contributed by atoms with E-state index in [1.807, 2.05) is 0 Å². The second-order valence-electron chi connectivity index (χ2n) is 5.82. The molecule has 0 heterocycles. The van der Waals surface area contributed by atoms with Crippen molar-refractivity contribution in [1.82, 2.24) is 0 Å². The van der Waals surface area contributed by atoms with E-state index in [4.69, 9.17) is 5.11 Å². The van der Waals surface area contributed by atoms with Gasteiger partial charge in [0, 0.05) is 19.4 Å². The first kappa shape index (κ1) is 19.5. The van der Waals surface area contributed by atoms with Gasteiger partial charge in [0.25, 0.3) is 0 Å². The minimum absolute atomic E-state index is 0.358. The van der Waals surface area contributed by atoms with Crippen LogP contribution in [0, 0.1) is 11.8 Å². The molecule has 0 amide bonds. The average Bonchev–Trinajstić information content (AvgIpc) is 2.47. The third kappa shape index (κ3) is 17.5. The summed E-state index contributed by atoms with van der Waals surface area (Å²) in [6.45, 7) is 2.62. The second kappa shape index (κ2) is 18.5. The molecule has 20 heavy (non-hydrogen) atoms. The van der Waals surface area contributed by atoms with Gasteiger partial charge >= 0.3 is 0 Å². The Morgan fingerprint density at radius 1 is 0.550 bits per heavy atom. The summed E-state index contributed by atoms with van der Waals surface area (Å²) >= 11 is 0. The molecule has 1 N–H and O–H groups in total. The fraction of sp³-hybridized carbons (Fsp3) is 0.895. The largest absolute Gasteiger partial charge is 0.396 e. The molecule has 118 valence electrons. The van der Waals surface area contributed by atoms with Crippen LogP contribution in [0.1, 0.15) is 103 Å². The highest BCUT2D eigenvalue weighted by Gasteiger charge is 1.91. The number of unbranched alkanes of at least 4 members (excludes halogenated alkanes) is 13. The standard InChI is InChI=1S/C19H36O/c1-2-3-4-5-6-7-8-9-10-11-12-13-14-15-16-17-18-19-20/h20H,2-7,10-19H2,1H3. The Balaban J connectivity index is 3.05. The maximum atomic E-state index is 8.67. The van der Waals surface area contributed by atoms with Gasteiger partial charge in [-0.15, -0.1) is 11.8 Å². The van der Waals surface area contributed by atoms with E-state index in [1.165, 1.54) is 77.0 Å². The highest BCUT2D eigenvalue weighted by Crippen LogP contribution is 2.09. The molecule has 0 atom stereocenters. The van der Waals surface area contributed by atoms with Crippen LogP contribution in [-0.4, -0.2) is 11.7 Å². The van der Waals surface area contributed by atoms with Gasteiger partial charge in [0.1, 0.15) is 0 Å². The molecular weight excluding hydrogens is 244 g/mol. The Morgan fingerprint density at radius 3 is 1.40 bits per heavy atom. The van der Waals surface area contributed by atoms with Gasteiger partial charge in [0.05, 0.1) is 0 Å². The van der Waals surface area contributed by atoms with Crippen LogP contribution in [0.2, 0.25) is 0 Å². The average molecular weight is 280 g/mol. The third-order valence-electron chi connectivity index (χ3n) is 3.74. The smallest absolute Gasteiger partial charge is 0.0431 e. The van der Waals surface area contributed by atoms with Gasteiger partial charge in [-0.05, 0) is 19.3 Å². The maximum Gasteiger partial charge on any atom is 0.0431 e. The van der Waals surface area contributed by atoms with E-state index in [0.29, 0.717) is 6.61 Å². The monoisotopic (exact) mass is 280 g/mol. The zero-order valence-corrected chi connectivity index (χ0v) is 13.8. The predicted molar refractivity (Wildman–Crippen MR) is 89.8 cm³/mol. The van der Waals surface area contributed by atoms with Crippen LogP contribution >= 0.6 is 0 Å². The fourth-order valence-corrected chi connectivity index (χ4v) is 2.38. The van der Waals surface area contributed by atoms with Crippen LogP contribution in [0.4, 0.5) is 0 Å². The maximum absolute atomic E-state index is 8.67. The van der Waals surface area contributed by atoms with Crippen LogP contribution in [0.15, 0.2) is 0 Å². The molecule has 0 aliphatic carbocycles. The summed E-state index contributed by atoms with van der Waals surface area (Å²) in [4.78, 5) is 0. The van der Waals surface area contributed by atoms with E-state index in [-0.39, 0.29) is 0 Å². The van der Waals surface area contributed by atoms with Crippen molar-refractivity contribution < 1.29 is 5.11 Å². The van der Waals surface area contributed by atoms with Gasteiger partial charge in [-0.2, -0.15) is 0 Å². The molecule has 0 rings (SSSR count). The van der Waals surface area contributed by atoms with E-state index in [0.717, 1.165) is 19.3 Å². The molecule has 0 aromatic heterocycles. The first-order valence-electron chi connectivity index (χ1n) is 8.98. The first-order valence-corrected chi connectivity index (χ1v) is 8.98. The lowest BCUT2D eigenvalue weighted by molar-refractivity contribution is 0.282. The van der Waals surface area contributed by atoms with E-state index in [9.17, 15) is 0 Å². The number of hydrogen-bond donors (Lipinski definition) is 1. The van der Waals surface area contributed by atoms with Crippen molar-refractivity contribution in [1.29, 1.82) is 0 Å². The lowest BCUT2D eigenvalue weighted by Crippen LogP contribution is -1.84. The van der Waals surface area contributed by atoms with Crippen molar-refractivity contribution in [2.75, 3.05) is 6.61 Å². The number of aliphatic hydroxyl groups excluding tert-OH is 1. The molecular formula is C19H36O. The molecule has 1 nitrogen and oxygen atoms in total. The molecule has 0 unspecified atom stereocenters. The van der Waals surface area contributed by atoms with Crippen LogP contribution < -0.4 is 0 Å². The van der Waals surface area contributed by atoms with Crippen molar-refractivity contribution in [3.63, 3.8) is 0 Å². The van der Waals surface area contributed by atoms with Crippen molar-refractivity contribution in [3.8, 4) is 11.8 Å². The first-order chi connectivity index (χ1) is 9.91. The molecule has 0 radical (unpaired) electrons. The topological polar surface area (TPSA) is 20.2 Å². The highest BCUT2D eigenvalue weighted by atomic mass is 16.2. The Labute approximate surface area is 127 Å². The molecule has 0 aliphatic heterocycles. The lowest BCUT2D eigenvalue weighted by Gasteiger charge is -1.99. The second-order valence-corrected chi connectivity index (χ2v) is 5.82. The zero-order valence-electron chi connectivity index (χ0n) is 13.8. The zero-order chi connectivity index (χ0) is 14.7. The molecule has 0 fully saturated rings. The lowest BCUT2D eigenvalue weighted by atomic mass is 10.1. The Bertz CT molecular complexity index is 224. The SMILES string of the molecule is CCCCCCCC#CCCCCCCCCCCO. The summed E-state index contributed by atoms with van der Waals surface area (Å²) < 4.78 is 0. The van der Waals surface area contributed by atoms with E-state index in [2.05, 4.69) is 18.8 Å². The van der Waals surface area contributed by atoms with Crippen molar-refractivity contribution in [2.24, 2.45) is 0 Å². The normalized spacial score (nSPS) is 10.3. The minimum atomic E-state index is 0.358. The Morgan fingerprint density at radius 2 is 0.950 bits per heavy atom. The highest BCUT2D eigenvalue weighted by molar-refractivity contribution is 4.98. The quantitative estimate of drug-likeness (QED) is 0.312. The summed E-state index contributed by atoms with van der Waals surface area (Å²) in [6, 6.07) is 0. The van der Waals surface area contributed by atoms with E-state index >= 15 is 0 Å². The van der Waals surface area contributed by atoms with Gasteiger partial charge in [0.2, 0.25) is 0 Å². The van der Waals surface area contributed by atoms with Crippen molar-refractivity contribution >= 4 is 0 Å². The summed E-state index contributed by atoms with van der Waals surface area (Å²) in [7, 11) is 0. The van der Waals surface area contributed by atoms with Gasteiger partial charge in [-0.25, -0.2) is 0 Å². The van der Waals surface area contributed by atoms with Crippen LogP contribution in [-0.2, 0) is 0 Å². The molecule has 0 bridgehead atoms. The van der Waals surface area contributed by atoms with Crippen LogP contribution in [0.25, 0.3) is 0 Å².